The largest absolute Gasteiger partial charge is 0.496 e. The van der Waals surface area contributed by atoms with E-state index in [1.807, 2.05) is 55.5 Å². The summed E-state index contributed by atoms with van der Waals surface area (Å²) in [6.45, 7) is 3.78. The number of hydrogen-bond donors (Lipinski definition) is 2. The Morgan fingerprint density at radius 3 is 2.61 bits per heavy atom. The number of carbonyl (C=O) groups is 1. The summed E-state index contributed by atoms with van der Waals surface area (Å²) in [6, 6.07) is 14.9. The Kier molecular flexibility index (Phi) is 5.74. The first-order valence-electron chi connectivity index (χ1n) is 7.40. The highest BCUT2D eigenvalue weighted by atomic mass is 16.5. The number of hydrazone groups is 1. The predicted octanol–water partition coefficient (Wildman–Crippen LogP) is 2.95. The van der Waals surface area contributed by atoms with Gasteiger partial charge in [0, 0.05) is 11.3 Å². The molecular weight excluding hydrogens is 290 g/mol. The van der Waals surface area contributed by atoms with Gasteiger partial charge >= 0.3 is 0 Å². The van der Waals surface area contributed by atoms with E-state index in [0.29, 0.717) is 5.75 Å². The van der Waals surface area contributed by atoms with Crippen LogP contribution in [0.5, 0.6) is 5.75 Å². The minimum atomic E-state index is -0.397. The average molecular weight is 311 g/mol. The van der Waals surface area contributed by atoms with Gasteiger partial charge < -0.3 is 10.1 Å². The molecule has 0 aromatic heterocycles. The molecule has 1 atom stereocenters. The molecule has 0 fully saturated rings. The van der Waals surface area contributed by atoms with Crippen LogP contribution in [0.1, 0.15) is 18.1 Å². The number of nitrogens with one attached hydrogen (secondary N) is 2. The number of ether oxygens (including phenoxy) is 1. The highest BCUT2D eigenvalue weighted by Gasteiger charge is 2.12. The monoisotopic (exact) mass is 311 g/mol. The minimum absolute atomic E-state index is 0.209. The number of amides is 1. The van der Waals surface area contributed by atoms with Crippen molar-refractivity contribution in [2.24, 2.45) is 5.10 Å². The van der Waals surface area contributed by atoms with Crippen LogP contribution < -0.4 is 15.5 Å². The summed E-state index contributed by atoms with van der Waals surface area (Å²) in [5.74, 6) is 0.496. The van der Waals surface area contributed by atoms with Gasteiger partial charge in [0.25, 0.3) is 5.91 Å². The summed E-state index contributed by atoms with van der Waals surface area (Å²) in [4.78, 5) is 12.1. The van der Waals surface area contributed by atoms with E-state index in [9.17, 15) is 4.79 Å². The number of anilines is 1. The van der Waals surface area contributed by atoms with Gasteiger partial charge in [0.15, 0.2) is 0 Å². The molecule has 5 nitrogen and oxygen atoms in total. The van der Waals surface area contributed by atoms with Crippen LogP contribution in [-0.2, 0) is 4.79 Å². The van der Waals surface area contributed by atoms with Crippen molar-refractivity contribution in [3.8, 4) is 5.75 Å². The summed E-state index contributed by atoms with van der Waals surface area (Å²) in [6.07, 6.45) is 1.57. The van der Waals surface area contributed by atoms with Gasteiger partial charge in [-0.2, -0.15) is 5.10 Å². The smallest absolute Gasteiger partial charge is 0.262 e. The molecular formula is C18H21N3O2. The second-order valence-corrected chi connectivity index (χ2v) is 5.16. The number of aryl methyl sites for hydroxylation is 1. The summed E-state index contributed by atoms with van der Waals surface area (Å²) < 4.78 is 5.23. The molecule has 120 valence electrons. The Bertz CT molecular complexity index is 698. The van der Waals surface area contributed by atoms with Crippen LogP contribution in [-0.4, -0.2) is 25.3 Å². The van der Waals surface area contributed by atoms with E-state index in [1.54, 1.807) is 20.2 Å². The van der Waals surface area contributed by atoms with Crippen molar-refractivity contribution in [2.45, 2.75) is 19.9 Å². The van der Waals surface area contributed by atoms with Gasteiger partial charge in [-0.3, -0.25) is 4.79 Å². The van der Waals surface area contributed by atoms with E-state index in [-0.39, 0.29) is 5.91 Å². The molecule has 0 saturated carbocycles. The molecule has 2 N–H and O–H groups in total. The molecule has 5 heteroatoms. The van der Waals surface area contributed by atoms with Gasteiger partial charge in [0.05, 0.1) is 13.3 Å². The van der Waals surface area contributed by atoms with Gasteiger partial charge in [0.2, 0.25) is 0 Å². The SMILES string of the molecule is COc1ccccc1/C=N\NC(=O)[C@H](C)Nc1ccccc1C. The maximum absolute atomic E-state index is 12.1. The van der Waals surface area contributed by atoms with Crippen molar-refractivity contribution >= 4 is 17.8 Å². The lowest BCUT2D eigenvalue weighted by atomic mass is 10.2. The molecule has 0 saturated heterocycles. The van der Waals surface area contributed by atoms with Crippen LogP contribution in [0.15, 0.2) is 53.6 Å². The lowest BCUT2D eigenvalue weighted by molar-refractivity contribution is -0.121. The Morgan fingerprint density at radius 2 is 1.87 bits per heavy atom. The Hall–Kier alpha value is -2.82. The molecule has 0 aliphatic heterocycles. The van der Waals surface area contributed by atoms with E-state index >= 15 is 0 Å². The maximum atomic E-state index is 12.1. The zero-order chi connectivity index (χ0) is 16.7. The summed E-state index contributed by atoms with van der Waals surface area (Å²) in [5.41, 5.74) is 5.36. The Labute approximate surface area is 136 Å². The van der Waals surface area contributed by atoms with Crippen LogP contribution in [0.3, 0.4) is 0 Å². The lowest BCUT2D eigenvalue weighted by Crippen LogP contribution is -2.35. The fraction of sp³-hybridized carbons (Fsp3) is 0.222. The van der Waals surface area contributed by atoms with Gasteiger partial charge in [0.1, 0.15) is 11.8 Å². The predicted molar refractivity (Wildman–Crippen MR) is 93.0 cm³/mol. The summed E-state index contributed by atoms with van der Waals surface area (Å²) in [7, 11) is 1.60. The van der Waals surface area contributed by atoms with Crippen LogP contribution in [0.2, 0.25) is 0 Å². The number of hydrogen-bond acceptors (Lipinski definition) is 4. The molecule has 0 aliphatic carbocycles. The van der Waals surface area contributed by atoms with Gasteiger partial charge in [-0.1, -0.05) is 30.3 Å². The zero-order valence-corrected chi connectivity index (χ0v) is 13.5. The molecule has 0 aliphatic rings. The average Bonchev–Trinajstić information content (AvgIpc) is 2.57. The summed E-state index contributed by atoms with van der Waals surface area (Å²) >= 11 is 0. The molecule has 2 aromatic carbocycles. The Balaban J connectivity index is 1.94. The van der Waals surface area contributed by atoms with E-state index in [4.69, 9.17) is 4.74 Å². The molecule has 0 heterocycles. The van der Waals surface area contributed by atoms with Crippen molar-refractivity contribution in [3.05, 3.63) is 59.7 Å². The number of nitrogens with zero attached hydrogens (tertiary/aromatic N) is 1. The first-order chi connectivity index (χ1) is 11.1. The van der Waals surface area contributed by atoms with Crippen molar-refractivity contribution < 1.29 is 9.53 Å². The standard InChI is InChI=1S/C18H21N3O2/c1-13-8-4-6-10-16(13)20-14(2)18(22)21-19-12-15-9-5-7-11-17(15)23-3/h4-12,14,20H,1-3H3,(H,21,22)/b19-12-/t14-/m0/s1. The van der Waals surface area contributed by atoms with Crippen LogP contribution >= 0.6 is 0 Å². The Morgan fingerprint density at radius 1 is 1.17 bits per heavy atom. The number of methoxy groups -OCH3 is 1. The second kappa shape index (κ2) is 7.98. The van der Waals surface area contributed by atoms with E-state index in [2.05, 4.69) is 15.8 Å². The molecule has 0 radical (unpaired) electrons. The molecule has 2 rings (SSSR count). The maximum Gasteiger partial charge on any atom is 0.262 e. The fourth-order valence-corrected chi connectivity index (χ4v) is 2.07. The van der Waals surface area contributed by atoms with E-state index in [0.717, 1.165) is 16.8 Å². The zero-order valence-electron chi connectivity index (χ0n) is 13.5. The lowest BCUT2D eigenvalue weighted by Gasteiger charge is -2.15. The van der Waals surface area contributed by atoms with Crippen LogP contribution in [0, 0.1) is 6.92 Å². The molecule has 0 bridgehead atoms. The molecule has 1 amide bonds. The topological polar surface area (TPSA) is 62.7 Å². The third-order valence-electron chi connectivity index (χ3n) is 3.43. The number of benzene rings is 2. The quantitative estimate of drug-likeness (QED) is 0.637. The van der Waals surface area contributed by atoms with Gasteiger partial charge in [-0.05, 0) is 37.6 Å². The first-order valence-corrected chi connectivity index (χ1v) is 7.40. The second-order valence-electron chi connectivity index (χ2n) is 5.16. The van der Waals surface area contributed by atoms with Crippen LogP contribution in [0.25, 0.3) is 0 Å². The summed E-state index contributed by atoms with van der Waals surface area (Å²) in [5, 5.41) is 7.16. The molecule has 0 spiro atoms. The minimum Gasteiger partial charge on any atom is -0.496 e. The van der Waals surface area contributed by atoms with Crippen molar-refractivity contribution in [1.29, 1.82) is 0 Å². The van der Waals surface area contributed by atoms with E-state index in [1.165, 1.54) is 0 Å². The first kappa shape index (κ1) is 16.5. The van der Waals surface area contributed by atoms with E-state index < -0.39 is 6.04 Å². The number of carbonyl (C=O) groups excluding carboxylic acids is 1. The van der Waals surface area contributed by atoms with Gasteiger partial charge in [-0.15, -0.1) is 0 Å². The van der Waals surface area contributed by atoms with Gasteiger partial charge in [-0.25, -0.2) is 5.43 Å². The third-order valence-corrected chi connectivity index (χ3v) is 3.43. The van der Waals surface area contributed by atoms with Crippen molar-refractivity contribution in [2.75, 3.05) is 12.4 Å². The molecule has 2 aromatic rings. The molecule has 0 unspecified atom stereocenters. The molecule has 23 heavy (non-hydrogen) atoms. The highest BCUT2D eigenvalue weighted by molar-refractivity contribution is 5.87. The fourth-order valence-electron chi connectivity index (χ4n) is 2.07. The van der Waals surface area contributed by atoms with Crippen molar-refractivity contribution in [3.63, 3.8) is 0 Å². The normalized spacial score (nSPS) is 12.0. The number of rotatable bonds is 6. The van der Waals surface area contributed by atoms with Crippen LogP contribution in [0.4, 0.5) is 5.69 Å². The van der Waals surface area contributed by atoms with Crippen molar-refractivity contribution in [1.82, 2.24) is 5.43 Å². The third kappa shape index (κ3) is 4.57. The number of para-hydroxylation sites is 2. The highest BCUT2D eigenvalue weighted by Crippen LogP contribution is 2.15.